The highest BCUT2D eigenvalue weighted by Crippen LogP contribution is 2.64. The summed E-state index contributed by atoms with van der Waals surface area (Å²) in [5, 5.41) is 10.8. The summed E-state index contributed by atoms with van der Waals surface area (Å²) in [6.45, 7) is 5.23. The minimum absolute atomic E-state index is 0.0191. The molecule has 3 nitrogen and oxygen atoms in total. The van der Waals surface area contributed by atoms with E-state index in [1.165, 1.54) is 0 Å². The highest BCUT2D eigenvalue weighted by molar-refractivity contribution is 5.09. The average molecular weight is 368 g/mol. The number of halogens is 4. The molecule has 0 spiro atoms. The van der Waals surface area contributed by atoms with E-state index in [0.717, 1.165) is 6.42 Å². The van der Waals surface area contributed by atoms with Gasteiger partial charge < -0.3 is 14.6 Å². The van der Waals surface area contributed by atoms with Crippen molar-refractivity contribution in [3.8, 4) is 0 Å². The first-order chi connectivity index (χ1) is 11.6. The van der Waals surface area contributed by atoms with Gasteiger partial charge in [-0.1, -0.05) is 13.8 Å². The molecular weight excluding hydrogens is 340 g/mol. The number of alkyl halides is 4. The number of rotatable bonds is 5. The van der Waals surface area contributed by atoms with E-state index in [0.29, 0.717) is 24.2 Å². The normalized spacial score (nSPS) is 46.1. The Balaban J connectivity index is 1.82. The summed E-state index contributed by atoms with van der Waals surface area (Å²) in [6.07, 6.45) is -5.11. The molecule has 0 aromatic heterocycles. The first-order valence-electron chi connectivity index (χ1n) is 9.28. The van der Waals surface area contributed by atoms with Crippen LogP contribution >= 0.6 is 0 Å². The molecule has 25 heavy (non-hydrogen) atoms. The van der Waals surface area contributed by atoms with Crippen LogP contribution in [0.2, 0.25) is 0 Å². The van der Waals surface area contributed by atoms with E-state index in [1.54, 1.807) is 6.92 Å². The number of hydrogen-bond donors (Lipinski definition) is 1. The molecule has 3 saturated carbocycles. The lowest BCUT2D eigenvalue weighted by atomic mass is 9.60. The predicted molar refractivity (Wildman–Crippen MR) is 83.1 cm³/mol. The molecule has 0 aliphatic heterocycles. The maximum absolute atomic E-state index is 15.0. The Hall–Kier alpha value is -0.400. The van der Waals surface area contributed by atoms with Crippen molar-refractivity contribution in [3.63, 3.8) is 0 Å². The lowest BCUT2D eigenvalue weighted by molar-refractivity contribution is -0.382. The molecule has 1 N–H and O–H groups in total. The van der Waals surface area contributed by atoms with Gasteiger partial charge in [-0.15, -0.1) is 0 Å². The smallest absolute Gasteiger partial charge is 0.392 e. The van der Waals surface area contributed by atoms with E-state index in [-0.39, 0.29) is 30.8 Å². The number of ether oxygens (including phenoxy) is 2. The third kappa shape index (κ3) is 2.90. The number of aliphatic hydroxyl groups is 1. The number of aliphatic hydroxyl groups excluding tert-OH is 1. The fourth-order valence-electron chi connectivity index (χ4n) is 5.94. The minimum atomic E-state index is -5.21. The zero-order valence-corrected chi connectivity index (χ0v) is 14.9. The second kappa shape index (κ2) is 6.64. The molecule has 3 aliphatic rings. The van der Waals surface area contributed by atoms with Crippen molar-refractivity contribution < 1.29 is 32.1 Å². The summed E-state index contributed by atoms with van der Waals surface area (Å²) in [7, 11) is 0. The van der Waals surface area contributed by atoms with Crippen molar-refractivity contribution in [1.29, 1.82) is 0 Å². The molecule has 3 rings (SSSR count). The molecule has 0 radical (unpaired) electrons. The van der Waals surface area contributed by atoms with Crippen LogP contribution in [0.15, 0.2) is 0 Å². The highest BCUT2D eigenvalue weighted by Gasteiger charge is 2.68. The van der Waals surface area contributed by atoms with Crippen molar-refractivity contribution in [2.45, 2.75) is 58.2 Å². The van der Waals surface area contributed by atoms with E-state index in [4.69, 9.17) is 4.74 Å². The van der Waals surface area contributed by atoms with Crippen LogP contribution in [-0.2, 0) is 9.47 Å². The second-order valence-corrected chi connectivity index (χ2v) is 8.10. The van der Waals surface area contributed by atoms with Crippen LogP contribution in [0.4, 0.5) is 17.6 Å². The Morgan fingerprint density at radius 3 is 2.24 bits per heavy atom. The van der Waals surface area contributed by atoms with Gasteiger partial charge in [0.1, 0.15) is 0 Å². The SMILES string of the molecule is CCOCOC(F)(C1CCC2C3CC(C(C)C3C)C2C1O)C(F)(F)F. The Labute approximate surface area is 146 Å². The standard InChI is InChI=1S/C18H28F4O3/c1-4-24-8-25-17(19,18(20,21)22)14-6-5-11-12-7-13(10(3)9(12)2)15(11)16(14)23/h9-16,23H,4-8H2,1-3H3. The van der Waals surface area contributed by atoms with Crippen LogP contribution in [0.3, 0.4) is 0 Å². The molecule has 3 fully saturated rings. The van der Waals surface area contributed by atoms with Gasteiger partial charge in [0.25, 0.3) is 0 Å². The summed E-state index contributed by atoms with van der Waals surface area (Å²) in [6, 6.07) is 0. The van der Waals surface area contributed by atoms with Gasteiger partial charge in [0.15, 0.2) is 6.79 Å². The Kier molecular flexibility index (Phi) is 5.14. The molecule has 3 aliphatic carbocycles. The van der Waals surface area contributed by atoms with Crippen molar-refractivity contribution >= 4 is 0 Å². The largest absolute Gasteiger partial charge is 0.448 e. The zero-order valence-electron chi connectivity index (χ0n) is 14.9. The monoisotopic (exact) mass is 368 g/mol. The van der Waals surface area contributed by atoms with Crippen LogP contribution in [-0.4, -0.2) is 36.6 Å². The minimum Gasteiger partial charge on any atom is -0.392 e. The zero-order chi connectivity index (χ0) is 18.6. The van der Waals surface area contributed by atoms with Gasteiger partial charge >= 0.3 is 12.0 Å². The second-order valence-electron chi connectivity index (χ2n) is 8.10. The Bertz CT molecular complexity index is 483. The van der Waals surface area contributed by atoms with E-state index in [2.05, 4.69) is 18.6 Å². The molecule has 0 amide bonds. The van der Waals surface area contributed by atoms with Crippen molar-refractivity contribution in [2.24, 2.45) is 41.4 Å². The third-order valence-corrected chi connectivity index (χ3v) is 7.30. The summed E-state index contributed by atoms with van der Waals surface area (Å²) >= 11 is 0. The van der Waals surface area contributed by atoms with Crippen LogP contribution < -0.4 is 0 Å². The predicted octanol–water partition coefficient (Wildman–Crippen LogP) is 4.15. The van der Waals surface area contributed by atoms with Gasteiger partial charge in [0.2, 0.25) is 0 Å². The third-order valence-electron chi connectivity index (χ3n) is 7.30. The lowest BCUT2D eigenvalue weighted by Gasteiger charge is -2.49. The highest BCUT2D eigenvalue weighted by atomic mass is 19.4. The topological polar surface area (TPSA) is 38.7 Å². The van der Waals surface area contributed by atoms with E-state index in [9.17, 15) is 18.3 Å². The first kappa shape index (κ1) is 19.4. The van der Waals surface area contributed by atoms with Gasteiger partial charge in [-0.05, 0) is 61.7 Å². The van der Waals surface area contributed by atoms with Crippen molar-refractivity contribution in [3.05, 3.63) is 0 Å². The molecule has 9 unspecified atom stereocenters. The van der Waals surface area contributed by atoms with Crippen LogP contribution in [0.25, 0.3) is 0 Å². The van der Waals surface area contributed by atoms with Crippen LogP contribution in [0.5, 0.6) is 0 Å². The van der Waals surface area contributed by atoms with Crippen molar-refractivity contribution in [1.82, 2.24) is 0 Å². The molecule has 0 aromatic rings. The van der Waals surface area contributed by atoms with E-state index < -0.39 is 30.8 Å². The fourth-order valence-corrected chi connectivity index (χ4v) is 5.94. The van der Waals surface area contributed by atoms with Crippen molar-refractivity contribution in [2.75, 3.05) is 13.4 Å². The summed E-state index contributed by atoms with van der Waals surface area (Å²) in [5.41, 5.74) is 0. The van der Waals surface area contributed by atoms with Gasteiger partial charge in [-0.3, -0.25) is 0 Å². The van der Waals surface area contributed by atoms with E-state index >= 15 is 4.39 Å². The molecule has 7 heteroatoms. The maximum atomic E-state index is 15.0. The maximum Gasteiger partial charge on any atom is 0.448 e. The fraction of sp³-hybridized carbons (Fsp3) is 1.00. The molecule has 146 valence electrons. The molecule has 0 heterocycles. The molecule has 0 aromatic carbocycles. The molecular formula is C18H28F4O3. The molecule has 9 atom stereocenters. The van der Waals surface area contributed by atoms with Gasteiger partial charge in [-0.2, -0.15) is 13.2 Å². The van der Waals surface area contributed by atoms with Crippen LogP contribution in [0, 0.1) is 41.4 Å². The number of hydrogen-bond acceptors (Lipinski definition) is 3. The lowest BCUT2D eigenvalue weighted by Crippen LogP contribution is -2.59. The van der Waals surface area contributed by atoms with E-state index in [1.807, 2.05) is 0 Å². The first-order valence-corrected chi connectivity index (χ1v) is 9.28. The summed E-state index contributed by atoms with van der Waals surface area (Å²) in [5.74, 6) is -4.06. The van der Waals surface area contributed by atoms with Gasteiger partial charge in [-0.25, -0.2) is 4.39 Å². The van der Waals surface area contributed by atoms with Crippen LogP contribution in [0.1, 0.15) is 40.0 Å². The molecule has 0 saturated heterocycles. The summed E-state index contributed by atoms with van der Waals surface area (Å²) in [4.78, 5) is 0. The quantitative estimate of drug-likeness (QED) is 0.450. The average Bonchev–Trinajstić information content (AvgIpc) is 3.05. The van der Waals surface area contributed by atoms with Gasteiger partial charge in [0, 0.05) is 6.61 Å². The summed E-state index contributed by atoms with van der Waals surface area (Å²) < 4.78 is 64.8. The Morgan fingerprint density at radius 2 is 1.64 bits per heavy atom. The number of fused-ring (bicyclic) bond motifs is 5. The Morgan fingerprint density at radius 1 is 1.00 bits per heavy atom. The van der Waals surface area contributed by atoms with Gasteiger partial charge in [0.05, 0.1) is 12.0 Å². The molecule has 2 bridgehead atoms.